The Morgan fingerprint density at radius 2 is 1.86 bits per heavy atom. The lowest BCUT2D eigenvalue weighted by Gasteiger charge is -2.20. The van der Waals surface area contributed by atoms with E-state index in [4.69, 9.17) is 4.74 Å². The minimum Gasteiger partial charge on any atom is -0.455 e. The van der Waals surface area contributed by atoms with Gasteiger partial charge in [-0.05, 0) is 45.4 Å². The molecule has 0 saturated heterocycles. The first-order chi connectivity index (χ1) is 10.2. The van der Waals surface area contributed by atoms with Gasteiger partial charge in [0.1, 0.15) is 0 Å². The van der Waals surface area contributed by atoms with Gasteiger partial charge in [0.25, 0.3) is 5.91 Å². The summed E-state index contributed by atoms with van der Waals surface area (Å²) in [6.45, 7) is 7.18. The first kappa shape index (κ1) is 19.0. The van der Waals surface area contributed by atoms with Crippen LogP contribution in [0.2, 0.25) is 0 Å². The first-order valence-corrected chi connectivity index (χ1v) is 8.85. The van der Waals surface area contributed by atoms with Gasteiger partial charge in [0, 0.05) is 15.8 Å². The van der Waals surface area contributed by atoms with E-state index in [1.54, 1.807) is 6.92 Å². The van der Waals surface area contributed by atoms with E-state index >= 15 is 0 Å². The first-order valence-electron chi connectivity index (χ1n) is 7.01. The van der Waals surface area contributed by atoms with Crippen molar-refractivity contribution in [2.45, 2.75) is 44.2 Å². The molecule has 6 heteroatoms. The van der Waals surface area contributed by atoms with Crippen molar-refractivity contribution >= 4 is 39.6 Å². The second-order valence-electron chi connectivity index (χ2n) is 5.99. The molecule has 0 aliphatic carbocycles. The number of rotatable bonds is 6. The van der Waals surface area contributed by atoms with Crippen LogP contribution in [0.5, 0.6) is 0 Å². The van der Waals surface area contributed by atoms with Crippen LogP contribution in [0.1, 0.15) is 33.3 Å². The lowest BCUT2D eigenvalue weighted by atomic mass is 10.1. The molecule has 0 aromatic heterocycles. The molecular formula is C16H22BrNO3S. The third kappa shape index (κ3) is 7.84. The summed E-state index contributed by atoms with van der Waals surface area (Å²) in [4.78, 5) is 23.5. The van der Waals surface area contributed by atoms with Crippen molar-refractivity contribution in [2.75, 3.05) is 6.61 Å². The van der Waals surface area contributed by atoms with Crippen molar-refractivity contribution in [3.05, 3.63) is 34.3 Å². The van der Waals surface area contributed by atoms with Gasteiger partial charge in [-0.15, -0.1) is 11.8 Å². The van der Waals surface area contributed by atoms with Crippen LogP contribution in [0.15, 0.2) is 28.7 Å². The van der Waals surface area contributed by atoms with Gasteiger partial charge in [0.2, 0.25) is 0 Å². The number of benzene rings is 1. The van der Waals surface area contributed by atoms with Gasteiger partial charge >= 0.3 is 5.97 Å². The van der Waals surface area contributed by atoms with Crippen LogP contribution in [-0.2, 0) is 20.1 Å². The number of hydrogen-bond donors (Lipinski definition) is 1. The summed E-state index contributed by atoms with van der Waals surface area (Å²) in [6.07, 6.45) is 0. The summed E-state index contributed by atoms with van der Waals surface area (Å²) < 4.78 is 6.07. The molecule has 0 radical (unpaired) electrons. The Bertz CT molecular complexity index is 511. The van der Waals surface area contributed by atoms with Crippen LogP contribution in [0.3, 0.4) is 0 Å². The highest BCUT2D eigenvalue weighted by Crippen LogP contribution is 2.20. The summed E-state index contributed by atoms with van der Waals surface area (Å²) in [5.41, 5.74) is 0.809. The lowest BCUT2D eigenvalue weighted by molar-refractivity contribution is -0.148. The number of thioether (sulfide) groups is 1. The SMILES string of the molecule is C[C@H](SCc1ccc(Br)cc1)C(=O)OCC(=O)NC(C)(C)C. The van der Waals surface area contributed by atoms with Crippen LogP contribution in [-0.4, -0.2) is 29.3 Å². The molecule has 0 fully saturated rings. The second-order valence-corrected chi connectivity index (χ2v) is 8.23. The van der Waals surface area contributed by atoms with Crippen molar-refractivity contribution in [2.24, 2.45) is 0 Å². The van der Waals surface area contributed by atoms with Crippen molar-refractivity contribution < 1.29 is 14.3 Å². The number of amides is 1. The molecule has 0 aliphatic rings. The Balaban J connectivity index is 2.33. The minimum absolute atomic E-state index is 0.237. The number of halogens is 1. The van der Waals surface area contributed by atoms with E-state index in [0.29, 0.717) is 0 Å². The molecular weight excluding hydrogens is 366 g/mol. The van der Waals surface area contributed by atoms with Crippen molar-refractivity contribution in [1.82, 2.24) is 5.32 Å². The zero-order valence-corrected chi connectivity index (χ0v) is 15.7. The molecule has 0 heterocycles. The average Bonchev–Trinajstić information content (AvgIpc) is 2.42. The zero-order valence-electron chi connectivity index (χ0n) is 13.3. The van der Waals surface area contributed by atoms with Gasteiger partial charge in [0.05, 0.1) is 5.25 Å². The summed E-state index contributed by atoms with van der Waals surface area (Å²) in [7, 11) is 0. The van der Waals surface area contributed by atoms with Gasteiger partial charge in [0.15, 0.2) is 6.61 Å². The van der Waals surface area contributed by atoms with Gasteiger partial charge < -0.3 is 10.1 Å². The Morgan fingerprint density at radius 1 is 1.27 bits per heavy atom. The van der Waals surface area contributed by atoms with Crippen molar-refractivity contribution in [1.29, 1.82) is 0 Å². The molecule has 1 atom stereocenters. The normalized spacial score (nSPS) is 12.6. The van der Waals surface area contributed by atoms with Crippen molar-refractivity contribution in [3.8, 4) is 0 Å². The summed E-state index contributed by atoms with van der Waals surface area (Å²) in [5.74, 6) is 0.0645. The van der Waals surface area contributed by atoms with E-state index in [9.17, 15) is 9.59 Å². The Labute approximate surface area is 144 Å². The number of carbonyl (C=O) groups is 2. The second kappa shape index (κ2) is 8.58. The zero-order chi connectivity index (χ0) is 16.8. The maximum Gasteiger partial charge on any atom is 0.319 e. The summed E-state index contributed by atoms with van der Waals surface area (Å²) in [5, 5.41) is 2.44. The fourth-order valence-electron chi connectivity index (χ4n) is 1.58. The van der Waals surface area contributed by atoms with Crippen molar-refractivity contribution in [3.63, 3.8) is 0 Å². The third-order valence-corrected chi connectivity index (χ3v) is 4.33. The molecule has 0 aliphatic heterocycles. The minimum atomic E-state index is -0.369. The Morgan fingerprint density at radius 3 is 2.41 bits per heavy atom. The number of esters is 1. The number of ether oxygens (including phenoxy) is 1. The third-order valence-electron chi connectivity index (χ3n) is 2.61. The van der Waals surface area contributed by atoms with Crippen LogP contribution in [0.4, 0.5) is 0 Å². The van der Waals surface area contributed by atoms with E-state index in [0.717, 1.165) is 15.8 Å². The predicted molar refractivity (Wildman–Crippen MR) is 93.8 cm³/mol. The van der Waals surface area contributed by atoms with Gasteiger partial charge in [-0.1, -0.05) is 28.1 Å². The highest BCUT2D eigenvalue weighted by atomic mass is 79.9. The van der Waals surface area contributed by atoms with Crippen LogP contribution < -0.4 is 5.32 Å². The maximum absolute atomic E-state index is 11.9. The van der Waals surface area contributed by atoms with E-state index in [1.807, 2.05) is 45.0 Å². The molecule has 0 bridgehead atoms. The molecule has 122 valence electrons. The molecule has 1 amide bonds. The smallest absolute Gasteiger partial charge is 0.319 e. The Kier molecular flexibility index (Phi) is 7.42. The number of nitrogens with one attached hydrogen (secondary N) is 1. The Hall–Kier alpha value is -1.01. The quantitative estimate of drug-likeness (QED) is 0.758. The molecule has 1 rings (SSSR count). The predicted octanol–water partition coefficient (Wildman–Crippen LogP) is 3.53. The van der Waals surface area contributed by atoms with E-state index in [-0.39, 0.29) is 29.3 Å². The molecule has 0 unspecified atom stereocenters. The molecule has 1 N–H and O–H groups in total. The van der Waals surface area contributed by atoms with Gasteiger partial charge in [-0.3, -0.25) is 9.59 Å². The molecule has 22 heavy (non-hydrogen) atoms. The van der Waals surface area contributed by atoms with Crippen LogP contribution >= 0.6 is 27.7 Å². The largest absolute Gasteiger partial charge is 0.455 e. The average molecular weight is 388 g/mol. The van der Waals surface area contributed by atoms with Crippen LogP contribution in [0, 0.1) is 0 Å². The summed E-state index contributed by atoms with van der Waals surface area (Å²) >= 11 is 4.87. The number of hydrogen-bond acceptors (Lipinski definition) is 4. The maximum atomic E-state index is 11.9. The van der Waals surface area contributed by atoms with E-state index in [2.05, 4.69) is 21.2 Å². The molecule has 1 aromatic rings. The lowest BCUT2D eigenvalue weighted by Crippen LogP contribution is -2.43. The highest BCUT2D eigenvalue weighted by molar-refractivity contribution is 9.10. The van der Waals surface area contributed by atoms with E-state index in [1.165, 1.54) is 11.8 Å². The molecule has 1 aromatic carbocycles. The fraction of sp³-hybridized carbons (Fsp3) is 0.500. The van der Waals surface area contributed by atoms with Crippen LogP contribution in [0.25, 0.3) is 0 Å². The summed E-state index contributed by atoms with van der Waals surface area (Å²) in [6, 6.07) is 7.95. The fourth-order valence-corrected chi connectivity index (χ4v) is 2.68. The van der Waals surface area contributed by atoms with E-state index < -0.39 is 0 Å². The van der Waals surface area contributed by atoms with Gasteiger partial charge in [-0.25, -0.2) is 0 Å². The molecule has 4 nitrogen and oxygen atoms in total. The molecule has 0 spiro atoms. The van der Waals surface area contributed by atoms with Gasteiger partial charge in [-0.2, -0.15) is 0 Å². The monoisotopic (exact) mass is 387 g/mol. The highest BCUT2D eigenvalue weighted by Gasteiger charge is 2.18. The topological polar surface area (TPSA) is 55.4 Å². The molecule has 0 saturated carbocycles. The number of carbonyl (C=O) groups excluding carboxylic acids is 2. The standard InChI is InChI=1S/C16H22BrNO3S/c1-11(22-10-12-5-7-13(17)8-6-12)15(20)21-9-14(19)18-16(2,3)4/h5-8,11H,9-10H2,1-4H3,(H,18,19)/t11-/m0/s1.